The summed E-state index contributed by atoms with van der Waals surface area (Å²) in [5, 5.41) is 11.4. The zero-order valence-electron chi connectivity index (χ0n) is 34.8. The summed E-state index contributed by atoms with van der Waals surface area (Å²) in [5.74, 6) is -0.892. The smallest absolute Gasteiger partial charge is 0.165 e. The number of ether oxygens (including phenoxy) is 1. The fourth-order valence-corrected chi connectivity index (χ4v) is 8.41. The first-order valence-electron chi connectivity index (χ1n) is 22.6. The minimum Gasteiger partial charge on any atom is -0.365 e. The molecule has 3 heteroatoms. The molecule has 0 spiro atoms. The molecule has 1 saturated heterocycles. The Kier molecular flexibility index (Phi) is 27.2. The minimum absolute atomic E-state index is 0.206. The summed E-state index contributed by atoms with van der Waals surface area (Å²) in [6.45, 7) is 8.90. The predicted molar refractivity (Wildman–Crippen MR) is 225 cm³/mol. The zero-order chi connectivity index (χ0) is 36.7. The Labute approximate surface area is 319 Å². The molecule has 1 N–H and O–H groups in total. The van der Waals surface area contributed by atoms with Crippen LogP contribution in [0.4, 0.5) is 0 Å². The first kappa shape index (κ1) is 46.0. The monoisotopic (exact) mass is 710 g/mol. The molecule has 1 saturated carbocycles. The van der Waals surface area contributed by atoms with Gasteiger partial charge in [-0.3, -0.25) is 0 Å². The molecule has 51 heavy (non-hydrogen) atoms. The zero-order valence-corrected chi connectivity index (χ0v) is 34.8. The molecule has 1 unspecified atom stereocenters. The lowest BCUT2D eigenvalue weighted by Crippen LogP contribution is -2.44. The van der Waals surface area contributed by atoms with E-state index in [0.717, 1.165) is 58.0 Å². The van der Waals surface area contributed by atoms with Crippen molar-refractivity contribution < 1.29 is 9.84 Å². The summed E-state index contributed by atoms with van der Waals surface area (Å²) >= 11 is 0. The van der Waals surface area contributed by atoms with Crippen LogP contribution >= 0.6 is 0 Å². The molecule has 0 bridgehead atoms. The summed E-state index contributed by atoms with van der Waals surface area (Å²) < 4.78 is 6.38. The SMILES string of the molecule is CCCCC/C=C\C/C=C\CCCCCCCCC1(CCCCCCCC/C=C\C/C=C(/C)CCCCC)CCC(O)(OC2CCN(C)C2)CC1. The molecule has 1 atom stereocenters. The van der Waals surface area contributed by atoms with E-state index in [2.05, 4.69) is 75.3 Å². The average Bonchev–Trinajstić information content (AvgIpc) is 3.53. The number of hydrogen-bond donors (Lipinski definition) is 1. The van der Waals surface area contributed by atoms with Crippen LogP contribution in [-0.2, 0) is 4.74 Å². The third-order valence-corrected chi connectivity index (χ3v) is 12.0. The van der Waals surface area contributed by atoms with Crippen LogP contribution in [0.25, 0.3) is 0 Å². The lowest BCUT2D eigenvalue weighted by molar-refractivity contribution is -0.253. The quantitative estimate of drug-likeness (QED) is 0.0429. The molecular weight excluding hydrogens is 623 g/mol. The molecule has 1 aliphatic carbocycles. The Morgan fingerprint density at radius 3 is 1.65 bits per heavy atom. The maximum atomic E-state index is 11.4. The summed E-state index contributed by atoms with van der Waals surface area (Å²) in [6.07, 6.45) is 56.2. The normalized spacial score (nSPS) is 23.5. The molecule has 0 aromatic carbocycles. The molecular formula is C48H87NO2. The van der Waals surface area contributed by atoms with Gasteiger partial charge in [0.1, 0.15) is 0 Å². The van der Waals surface area contributed by atoms with Crippen molar-refractivity contribution >= 4 is 0 Å². The van der Waals surface area contributed by atoms with Crippen molar-refractivity contribution in [3.8, 4) is 0 Å². The van der Waals surface area contributed by atoms with Crippen molar-refractivity contribution in [1.29, 1.82) is 0 Å². The van der Waals surface area contributed by atoms with Gasteiger partial charge in [0.2, 0.25) is 0 Å². The van der Waals surface area contributed by atoms with Gasteiger partial charge >= 0.3 is 0 Å². The van der Waals surface area contributed by atoms with Gasteiger partial charge in [0, 0.05) is 25.9 Å². The molecule has 0 aromatic heterocycles. The lowest BCUT2D eigenvalue weighted by Gasteiger charge is -2.45. The number of nitrogens with zero attached hydrogens (tertiary/aromatic N) is 1. The van der Waals surface area contributed by atoms with Crippen molar-refractivity contribution in [2.75, 3.05) is 20.1 Å². The topological polar surface area (TPSA) is 32.7 Å². The highest BCUT2D eigenvalue weighted by atomic mass is 16.6. The Morgan fingerprint density at radius 1 is 0.627 bits per heavy atom. The van der Waals surface area contributed by atoms with Crippen LogP contribution in [0.1, 0.15) is 220 Å². The molecule has 1 aliphatic heterocycles. The first-order chi connectivity index (χ1) is 24.9. The number of rotatable bonds is 32. The number of aliphatic hydroxyl groups is 1. The highest BCUT2D eigenvalue weighted by Gasteiger charge is 2.43. The molecule has 2 rings (SSSR count). The maximum Gasteiger partial charge on any atom is 0.165 e. The highest BCUT2D eigenvalue weighted by Crippen LogP contribution is 2.48. The van der Waals surface area contributed by atoms with Crippen LogP contribution in [0.15, 0.2) is 48.1 Å². The Hall–Kier alpha value is -1.16. The number of hydrogen-bond acceptors (Lipinski definition) is 3. The fraction of sp³-hybridized carbons (Fsp3) is 0.833. The molecule has 3 nitrogen and oxygen atoms in total. The second kappa shape index (κ2) is 30.2. The van der Waals surface area contributed by atoms with Crippen LogP contribution in [0.5, 0.6) is 0 Å². The van der Waals surface area contributed by atoms with E-state index in [1.165, 1.54) is 154 Å². The van der Waals surface area contributed by atoms with Crippen LogP contribution in [-0.4, -0.2) is 42.0 Å². The van der Waals surface area contributed by atoms with Gasteiger partial charge in [-0.05, 0) is 116 Å². The number of unbranched alkanes of at least 4 members (excludes halogenated alkanes) is 17. The number of likely N-dealkylation sites (N-methyl/N-ethyl adjacent to an activating group) is 1. The van der Waals surface area contributed by atoms with Gasteiger partial charge < -0.3 is 14.7 Å². The van der Waals surface area contributed by atoms with Crippen molar-refractivity contribution in [3.05, 3.63) is 48.1 Å². The van der Waals surface area contributed by atoms with Gasteiger partial charge in [-0.25, -0.2) is 0 Å². The molecule has 0 aromatic rings. The van der Waals surface area contributed by atoms with E-state index in [0.29, 0.717) is 5.41 Å². The van der Waals surface area contributed by atoms with Crippen LogP contribution in [0.2, 0.25) is 0 Å². The third-order valence-electron chi connectivity index (χ3n) is 12.0. The average molecular weight is 710 g/mol. The van der Waals surface area contributed by atoms with Crippen molar-refractivity contribution in [2.45, 2.75) is 232 Å². The van der Waals surface area contributed by atoms with E-state index in [-0.39, 0.29) is 6.10 Å². The van der Waals surface area contributed by atoms with E-state index in [4.69, 9.17) is 4.74 Å². The standard InChI is InChI=1S/C48H87NO2/c1-5-7-9-10-11-12-13-14-15-16-17-19-22-25-28-32-37-47(39-41-48(50,42-40-47)51-46-36-43-49(4)44-46)38-33-29-26-23-20-18-21-24-27-31-35-45(3)34-30-8-6-2/h11-12,14-15,24,27,35,46,50H,5-10,13,16-23,25-26,28-34,36-44H2,1-4H3/b12-11-,15-14-,27-24-,45-35-. The molecule has 2 aliphatic rings. The summed E-state index contributed by atoms with van der Waals surface area (Å²) in [6, 6.07) is 0. The Morgan fingerprint density at radius 2 is 1.12 bits per heavy atom. The fourth-order valence-electron chi connectivity index (χ4n) is 8.41. The van der Waals surface area contributed by atoms with E-state index in [1.54, 1.807) is 5.57 Å². The van der Waals surface area contributed by atoms with Gasteiger partial charge in [0.05, 0.1) is 6.10 Å². The van der Waals surface area contributed by atoms with Crippen molar-refractivity contribution in [2.24, 2.45) is 5.41 Å². The number of allylic oxidation sites excluding steroid dienone is 8. The molecule has 2 fully saturated rings. The van der Waals surface area contributed by atoms with E-state index in [1.807, 2.05) is 0 Å². The molecule has 0 radical (unpaired) electrons. The van der Waals surface area contributed by atoms with Gasteiger partial charge in [0.15, 0.2) is 5.79 Å². The molecule has 0 amide bonds. The van der Waals surface area contributed by atoms with Gasteiger partial charge in [-0.2, -0.15) is 0 Å². The minimum atomic E-state index is -0.892. The van der Waals surface area contributed by atoms with Crippen LogP contribution in [0.3, 0.4) is 0 Å². The second-order valence-corrected chi connectivity index (χ2v) is 16.9. The van der Waals surface area contributed by atoms with Crippen molar-refractivity contribution in [3.63, 3.8) is 0 Å². The highest BCUT2D eigenvalue weighted by molar-refractivity contribution is 5.02. The maximum absolute atomic E-state index is 11.4. The molecule has 1 heterocycles. The van der Waals surface area contributed by atoms with Gasteiger partial charge in [-0.15, -0.1) is 0 Å². The van der Waals surface area contributed by atoms with Gasteiger partial charge in [-0.1, -0.05) is 152 Å². The summed E-state index contributed by atoms with van der Waals surface area (Å²) in [7, 11) is 2.17. The summed E-state index contributed by atoms with van der Waals surface area (Å²) in [5.41, 5.74) is 1.98. The van der Waals surface area contributed by atoms with Crippen molar-refractivity contribution in [1.82, 2.24) is 4.90 Å². The number of likely N-dealkylation sites (tertiary alicyclic amines) is 1. The van der Waals surface area contributed by atoms with Crippen LogP contribution in [0, 0.1) is 5.41 Å². The van der Waals surface area contributed by atoms with Crippen LogP contribution < -0.4 is 0 Å². The second-order valence-electron chi connectivity index (χ2n) is 16.9. The Balaban J connectivity index is 1.62. The summed E-state index contributed by atoms with van der Waals surface area (Å²) in [4.78, 5) is 2.33. The third kappa shape index (κ3) is 24.0. The lowest BCUT2D eigenvalue weighted by atomic mass is 9.66. The first-order valence-corrected chi connectivity index (χ1v) is 22.6. The molecule has 296 valence electrons. The predicted octanol–water partition coefficient (Wildman–Crippen LogP) is 14.8. The largest absolute Gasteiger partial charge is 0.365 e. The Bertz CT molecular complexity index is 924. The van der Waals surface area contributed by atoms with E-state index in [9.17, 15) is 5.11 Å². The van der Waals surface area contributed by atoms with E-state index < -0.39 is 5.79 Å². The van der Waals surface area contributed by atoms with E-state index >= 15 is 0 Å². The van der Waals surface area contributed by atoms with Gasteiger partial charge in [0.25, 0.3) is 0 Å².